The summed E-state index contributed by atoms with van der Waals surface area (Å²) in [6.07, 6.45) is 19.2. The Balaban J connectivity index is 1.81. The second kappa shape index (κ2) is 14.9. The van der Waals surface area contributed by atoms with Gasteiger partial charge in [-0.3, -0.25) is 0 Å². The smallest absolute Gasteiger partial charge is 0.123 e. The van der Waals surface area contributed by atoms with E-state index in [1.165, 1.54) is 83.5 Å². The van der Waals surface area contributed by atoms with E-state index in [0.717, 1.165) is 18.8 Å². The van der Waals surface area contributed by atoms with Gasteiger partial charge in [0, 0.05) is 23.5 Å². The van der Waals surface area contributed by atoms with Gasteiger partial charge in [-0.25, -0.2) is 0 Å². The zero-order chi connectivity index (χ0) is 18.2. The Morgan fingerprint density at radius 3 is 1.44 bits per heavy atom. The molecule has 4 N–H and O–H groups in total. The van der Waals surface area contributed by atoms with Gasteiger partial charge >= 0.3 is 0 Å². The van der Waals surface area contributed by atoms with Crippen molar-refractivity contribution in [3.8, 4) is 5.75 Å². The van der Waals surface area contributed by atoms with Crippen LogP contribution in [0.2, 0.25) is 0 Å². The Morgan fingerprint density at radius 1 is 0.600 bits per heavy atom. The van der Waals surface area contributed by atoms with E-state index in [1.807, 2.05) is 12.1 Å². The number of nitrogen functional groups attached to an aromatic ring is 2. The molecule has 0 saturated heterocycles. The number of anilines is 2. The van der Waals surface area contributed by atoms with Gasteiger partial charge < -0.3 is 16.2 Å². The van der Waals surface area contributed by atoms with Crippen molar-refractivity contribution < 1.29 is 4.74 Å². The van der Waals surface area contributed by atoms with Crippen LogP contribution in [0.1, 0.15) is 96.8 Å². The maximum atomic E-state index is 5.76. The van der Waals surface area contributed by atoms with E-state index < -0.39 is 0 Å². The summed E-state index contributed by atoms with van der Waals surface area (Å²) in [4.78, 5) is 0. The molecule has 144 valence electrons. The summed E-state index contributed by atoms with van der Waals surface area (Å²) >= 11 is 0. The number of ether oxygens (including phenoxy) is 1. The largest absolute Gasteiger partial charge is 0.493 e. The van der Waals surface area contributed by atoms with Crippen LogP contribution >= 0.6 is 0 Å². The summed E-state index contributed by atoms with van der Waals surface area (Å²) in [7, 11) is 0. The molecule has 3 heteroatoms. The quantitative estimate of drug-likeness (QED) is 0.258. The zero-order valence-corrected chi connectivity index (χ0v) is 16.4. The molecule has 1 aromatic carbocycles. The molecule has 0 aromatic heterocycles. The fraction of sp³-hybridized carbons (Fsp3) is 0.727. The molecule has 25 heavy (non-hydrogen) atoms. The van der Waals surface area contributed by atoms with Gasteiger partial charge in [0.25, 0.3) is 0 Å². The SMILES string of the molecule is CCCCCCCCCCCCCCCCOc1cc(N)cc(N)c1. The fourth-order valence-electron chi connectivity index (χ4n) is 3.22. The molecule has 0 bridgehead atoms. The average Bonchev–Trinajstić information content (AvgIpc) is 2.57. The van der Waals surface area contributed by atoms with E-state index in [9.17, 15) is 0 Å². The molecule has 0 atom stereocenters. The molecule has 0 unspecified atom stereocenters. The first-order valence-electron chi connectivity index (χ1n) is 10.5. The number of unbranched alkanes of at least 4 members (excludes halogenated alkanes) is 13. The molecule has 0 aliphatic heterocycles. The highest BCUT2D eigenvalue weighted by molar-refractivity contribution is 5.56. The topological polar surface area (TPSA) is 61.3 Å². The first kappa shape index (κ1) is 21.7. The molecular weight excluding hydrogens is 308 g/mol. The third kappa shape index (κ3) is 12.6. The van der Waals surface area contributed by atoms with Gasteiger partial charge in [0.1, 0.15) is 5.75 Å². The van der Waals surface area contributed by atoms with Crippen LogP contribution in [-0.4, -0.2) is 6.61 Å². The minimum atomic E-state index is 0.663. The van der Waals surface area contributed by atoms with Crippen molar-refractivity contribution in [1.82, 2.24) is 0 Å². The van der Waals surface area contributed by atoms with Crippen molar-refractivity contribution in [3.63, 3.8) is 0 Å². The Labute approximate surface area is 155 Å². The van der Waals surface area contributed by atoms with Crippen molar-refractivity contribution in [1.29, 1.82) is 0 Å². The lowest BCUT2D eigenvalue weighted by Gasteiger charge is -2.08. The molecule has 0 aliphatic carbocycles. The fourth-order valence-corrected chi connectivity index (χ4v) is 3.22. The molecular formula is C22H40N2O. The van der Waals surface area contributed by atoms with Crippen LogP contribution in [0.15, 0.2) is 18.2 Å². The van der Waals surface area contributed by atoms with Crippen molar-refractivity contribution in [2.75, 3.05) is 18.1 Å². The maximum Gasteiger partial charge on any atom is 0.123 e. The molecule has 1 aromatic rings. The van der Waals surface area contributed by atoms with Gasteiger partial charge in [0.05, 0.1) is 6.61 Å². The average molecular weight is 349 g/mol. The van der Waals surface area contributed by atoms with Gasteiger partial charge in [-0.1, -0.05) is 90.4 Å². The normalized spacial score (nSPS) is 10.9. The summed E-state index contributed by atoms with van der Waals surface area (Å²) in [6.45, 7) is 3.03. The standard InChI is InChI=1S/C22H40N2O/c1-2-3-4-5-6-7-8-9-10-11-12-13-14-15-16-25-22-18-20(23)17-21(24)19-22/h17-19H,2-16,23-24H2,1H3. The monoisotopic (exact) mass is 348 g/mol. The van der Waals surface area contributed by atoms with Crippen molar-refractivity contribution in [2.24, 2.45) is 0 Å². The molecule has 0 fully saturated rings. The zero-order valence-electron chi connectivity index (χ0n) is 16.4. The number of hydrogen-bond acceptors (Lipinski definition) is 3. The van der Waals surface area contributed by atoms with E-state index in [4.69, 9.17) is 16.2 Å². The van der Waals surface area contributed by atoms with Crippen LogP contribution in [0.3, 0.4) is 0 Å². The minimum absolute atomic E-state index is 0.663. The highest BCUT2D eigenvalue weighted by Crippen LogP contribution is 2.20. The predicted molar refractivity (Wildman–Crippen MR) is 111 cm³/mol. The van der Waals surface area contributed by atoms with Crippen LogP contribution < -0.4 is 16.2 Å². The van der Waals surface area contributed by atoms with Gasteiger partial charge in [-0.15, -0.1) is 0 Å². The lowest BCUT2D eigenvalue weighted by atomic mass is 10.0. The van der Waals surface area contributed by atoms with Crippen molar-refractivity contribution in [2.45, 2.75) is 96.8 Å². The van der Waals surface area contributed by atoms with E-state index >= 15 is 0 Å². The van der Waals surface area contributed by atoms with Crippen molar-refractivity contribution >= 4 is 11.4 Å². The summed E-state index contributed by atoms with van der Waals surface area (Å²) in [6, 6.07) is 5.42. The number of benzene rings is 1. The Morgan fingerprint density at radius 2 is 1.00 bits per heavy atom. The summed E-state index contributed by atoms with van der Waals surface area (Å²) in [5, 5.41) is 0. The molecule has 3 nitrogen and oxygen atoms in total. The van der Waals surface area contributed by atoms with Crippen LogP contribution in [0, 0.1) is 0 Å². The highest BCUT2D eigenvalue weighted by atomic mass is 16.5. The van der Waals surface area contributed by atoms with Crippen molar-refractivity contribution in [3.05, 3.63) is 18.2 Å². The second-order valence-electron chi connectivity index (χ2n) is 7.28. The Kier molecular flexibility index (Phi) is 12.9. The molecule has 1 rings (SSSR count). The maximum absolute atomic E-state index is 5.76. The van der Waals surface area contributed by atoms with Gasteiger partial charge in [0.2, 0.25) is 0 Å². The molecule has 0 radical (unpaired) electrons. The van der Waals surface area contributed by atoms with Gasteiger partial charge in [0.15, 0.2) is 0 Å². The lowest BCUT2D eigenvalue weighted by Crippen LogP contribution is -1.99. The molecule has 0 heterocycles. The highest BCUT2D eigenvalue weighted by Gasteiger charge is 1.98. The summed E-state index contributed by atoms with van der Waals surface area (Å²) in [5.74, 6) is 0.784. The molecule has 0 amide bonds. The molecule has 0 spiro atoms. The Hall–Kier alpha value is -1.38. The van der Waals surface area contributed by atoms with E-state index in [0.29, 0.717) is 11.4 Å². The molecule has 0 saturated carbocycles. The predicted octanol–water partition coefficient (Wildman–Crippen LogP) is 6.71. The van der Waals surface area contributed by atoms with E-state index in [-0.39, 0.29) is 0 Å². The first-order chi connectivity index (χ1) is 12.2. The number of hydrogen-bond donors (Lipinski definition) is 2. The van der Waals surface area contributed by atoms with Crippen LogP contribution in [0.25, 0.3) is 0 Å². The second-order valence-corrected chi connectivity index (χ2v) is 7.28. The van der Waals surface area contributed by atoms with Gasteiger partial charge in [-0.05, 0) is 12.5 Å². The summed E-state index contributed by atoms with van der Waals surface area (Å²) < 4.78 is 5.71. The van der Waals surface area contributed by atoms with Crippen LogP contribution in [0.4, 0.5) is 11.4 Å². The van der Waals surface area contributed by atoms with Gasteiger partial charge in [-0.2, -0.15) is 0 Å². The van der Waals surface area contributed by atoms with Crippen LogP contribution in [-0.2, 0) is 0 Å². The summed E-state index contributed by atoms with van der Waals surface area (Å²) in [5.41, 5.74) is 12.8. The number of rotatable bonds is 16. The number of nitrogens with two attached hydrogens (primary N) is 2. The third-order valence-corrected chi connectivity index (χ3v) is 4.72. The minimum Gasteiger partial charge on any atom is -0.493 e. The lowest BCUT2D eigenvalue weighted by molar-refractivity contribution is 0.304. The van der Waals surface area contributed by atoms with E-state index in [1.54, 1.807) is 6.07 Å². The van der Waals surface area contributed by atoms with E-state index in [2.05, 4.69) is 6.92 Å². The first-order valence-corrected chi connectivity index (χ1v) is 10.5. The van der Waals surface area contributed by atoms with Crippen LogP contribution in [0.5, 0.6) is 5.75 Å². The molecule has 0 aliphatic rings. The third-order valence-electron chi connectivity index (χ3n) is 4.72. The Bertz CT molecular complexity index is 414.